The summed E-state index contributed by atoms with van der Waals surface area (Å²) in [5.74, 6) is -0.103. The summed E-state index contributed by atoms with van der Waals surface area (Å²) in [5, 5.41) is 29.3. The van der Waals surface area contributed by atoms with Gasteiger partial charge in [0.15, 0.2) is 9.84 Å². The second-order valence-electron chi connectivity index (χ2n) is 7.28. The van der Waals surface area contributed by atoms with E-state index >= 15 is 0 Å². The number of allylic oxidation sites excluding steroid dienone is 1. The summed E-state index contributed by atoms with van der Waals surface area (Å²) in [6.45, 7) is 1.61. The van der Waals surface area contributed by atoms with E-state index in [0.717, 1.165) is 24.0 Å². The van der Waals surface area contributed by atoms with Gasteiger partial charge in [-0.2, -0.15) is 0 Å². The van der Waals surface area contributed by atoms with Crippen LogP contribution in [0.5, 0.6) is 5.75 Å². The number of sulfone groups is 1. The Morgan fingerprint density at radius 2 is 2.10 bits per heavy atom. The molecule has 8 heteroatoms. The molecule has 0 unspecified atom stereocenters. The fraction of sp³-hybridized carbons (Fsp3) is 0.524. The first kappa shape index (κ1) is 23.9. The molecule has 1 aromatic rings. The number of rotatable bonds is 10. The van der Waals surface area contributed by atoms with Gasteiger partial charge in [-0.15, -0.1) is 0 Å². The second kappa shape index (κ2) is 10.6. The van der Waals surface area contributed by atoms with Crippen molar-refractivity contribution < 1.29 is 28.5 Å². The fourth-order valence-electron chi connectivity index (χ4n) is 3.73. The van der Waals surface area contributed by atoms with Crippen LogP contribution in [0, 0.1) is 0 Å². The lowest BCUT2D eigenvalue weighted by Crippen LogP contribution is -2.29. The van der Waals surface area contributed by atoms with Crippen LogP contribution >= 0.6 is 11.6 Å². The van der Waals surface area contributed by atoms with Gasteiger partial charge in [-0.25, -0.2) is 8.42 Å². The molecule has 2 rings (SSSR count). The molecule has 0 spiro atoms. The van der Waals surface area contributed by atoms with E-state index in [9.17, 15) is 23.7 Å². The minimum absolute atomic E-state index is 0.0923. The van der Waals surface area contributed by atoms with Crippen LogP contribution in [0.1, 0.15) is 38.2 Å². The average molecular weight is 445 g/mol. The molecule has 162 valence electrons. The summed E-state index contributed by atoms with van der Waals surface area (Å²) in [6, 6.07) is 4.77. The van der Waals surface area contributed by atoms with Gasteiger partial charge in [-0.1, -0.05) is 36.6 Å². The minimum atomic E-state index is -3.53. The first-order valence-corrected chi connectivity index (χ1v) is 11.7. The lowest BCUT2D eigenvalue weighted by molar-refractivity contribution is 0.182. The summed E-state index contributed by atoms with van der Waals surface area (Å²) in [5.41, 5.74) is 2.74. The Morgan fingerprint density at radius 1 is 1.38 bits per heavy atom. The highest BCUT2D eigenvalue weighted by Crippen LogP contribution is 2.33. The van der Waals surface area contributed by atoms with Crippen LogP contribution in [0.3, 0.4) is 0 Å². The molecule has 6 nitrogen and oxygen atoms in total. The van der Waals surface area contributed by atoms with Crippen LogP contribution in [-0.2, 0) is 14.6 Å². The van der Waals surface area contributed by atoms with Crippen LogP contribution in [-0.4, -0.2) is 61.2 Å². The van der Waals surface area contributed by atoms with Gasteiger partial charge in [-0.05, 0) is 54.2 Å². The zero-order valence-corrected chi connectivity index (χ0v) is 18.3. The number of hydrogen-bond acceptors (Lipinski definition) is 6. The molecule has 0 fully saturated rings. The first-order chi connectivity index (χ1) is 13.7. The maximum Gasteiger partial charge on any atom is 0.163 e. The van der Waals surface area contributed by atoms with Gasteiger partial charge in [0.2, 0.25) is 0 Å². The predicted molar refractivity (Wildman–Crippen MR) is 115 cm³/mol. The van der Waals surface area contributed by atoms with Gasteiger partial charge in [0.1, 0.15) is 11.0 Å². The summed E-state index contributed by atoms with van der Waals surface area (Å²) in [6.07, 6.45) is 3.55. The average Bonchev–Trinajstić information content (AvgIpc) is 2.91. The van der Waals surface area contributed by atoms with E-state index in [2.05, 4.69) is 0 Å². The molecule has 0 bridgehead atoms. The van der Waals surface area contributed by atoms with E-state index in [0.29, 0.717) is 29.0 Å². The zero-order valence-electron chi connectivity index (χ0n) is 16.8. The maximum atomic E-state index is 12.3. The van der Waals surface area contributed by atoms with Gasteiger partial charge in [0, 0.05) is 7.11 Å². The molecule has 2 atom stereocenters. The molecule has 0 aromatic heterocycles. The summed E-state index contributed by atoms with van der Waals surface area (Å²) < 4.78 is 29.7. The van der Waals surface area contributed by atoms with Crippen molar-refractivity contribution in [2.75, 3.05) is 26.1 Å². The SMILES string of the molecule is CCC/C(=C\c1ccc(O)cc1Cl)CC[C@@H](O)C1=C(COC)CS(=O)(=O)[C@H]1CO. The van der Waals surface area contributed by atoms with Gasteiger partial charge < -0.3 is 20.1 Å². The number of aromatic hydroxyl groups is 1. The van der Waals surface area contributed by atoms with Crippen LogP contribution in [0.2, 0.25) is 5.02 Å². The van der Waals surface area contributed by atoms with E-state index in [4.69, 9.17) is 16.3 Å². The van der Waals surface area contributed by atoms with E-state index in [1.165, 1.54) is 13.2 Å². The molecule has 29 heavy (non-hydrogen) atoms. The second-order valence-corrected chi connectivity index (χ2v) is 9.87. The fourth-order valence-corrected chi connectivity index (χ4v) is 5.83. The van der Waals surface area contributed by atoms with Crippen molar-refractivity contribution in [3.05, 3.63) is 45.5 Å². The number of benzene rings is 1. The van der Waals surface area contributed by atoms with Crippen molar-refractivity contribution in [2.45, 2.75) is 44.0 Å². The van der Waals surface area contributed by atoms with Crippen LogP contribution < -0.4 is 0 Å². The van der Waals surface area contributed by atoms with E-state index in [1.807, 2.05) is 13.0 Å². The van der Waals surface area contributed by atoms with E-state index in [-0.39, 0.29) is 18.1 Å². The molecule has 0 saturated heterocycles. The Balaban J connectivity index is 2.21. The van der Waals surface area contributed by atoms with Crippen LogP contribution in [0.25, 0.3) is 6.08 Å². The quantitative estimate of drug-likeness (QED) is 0.479. The van der Waals surface area contributed by atoms with Crippen molar-refractivity contribution >= 4 is 27.5 Å². The van der Waals surface area contributed by atoms with Crippen molar-refractivity contribution in [1.29, 1.82) is 0 Å². The minimum Gasteiger partial charge on any atom is -0.508 e. The van der Waals surface area contributed by atoms with Crippen LogP contribution in [0.4, 0.5) is 0 Å². The largest absolute Gasteiger partial charge is 0.508 e. The topological polar surface area (TPSA) is 104 Å². The van der Waals surface area contributed by atoms with Crippen molar-refractivity contribution in [3.63, 3.8) is 0 Å². The maximum absolute atomic E-state index is 12.3. The number of methoxy groups -OCH3 is 1. The molecular weight excluding hydrogens is 416 g/mol. The number of phenolic OH excluding ortho intramolecular Hbond substituents is 1. The molecule has 1 aromatic carbocycles. The third kappa shape index (κ3) is 6.06. The Bertz CT molecular complexity index is 875. The standard InChI is InChI=1S/C21H29ClO6S/c1-3-4-14(9-15-6-7-17(24)10-18(15)22)5-8-19(25)21-16(12-28-2)13-29(26,27)20(21)11-23/h6-7,9-10,19-20,23-25H,3-5,8,11-13H2,1-2H3/b14-9+/t19-,20+/m1/s1. The summed E-state index contributed by atoms with van der Waals surface area (Å²) in [4.78, 5) is 0. The lowest BCUT2D eigenvalue weighted by atomic mass is 9.93. The molecule has 1 aliphatic rings. The molecule has 0 saturated carbocycles. The number of aliphatic hydroxyl groups is 2. The number of aliphatic hydroxyl groups excluding tert-OH is 2. The summed E-state index contributed by atoms with van der Waals surface area (Å²) >= 11 is 6.19. The predicted octanol–water partition coefficient (Wildman–Crippen LogP) is 3.10. The highest BCUT2D eigenvalue weighted by atomic mass is 35.5. The van der Waals surface area contributed by atoms with Gasteiger partial charge in [0.05, 0.1) is 30.1 Å². The van der Waals surface area contributed by atoms with Gasteiger partial charge >= 0.3 is 0 Å². The summed E-state index contributed by atoms with van der Waals surface area (Å²) in [7, 11) is -2.06. The monoisotopic (exact) mass is 444 g/mol. The van der Waals surface area contributed by atoms with Gasteiger partial charge in [0.25, 0.3) is 0 Å². The molecule has 0 amide bonds. The molecular formula is C21H29ClO6S. The third-order valence-corrected chi connectivity index (χ3v) is 7.41. The van der Waals surface area contributed by atoms with E-state index in [1.54, 1.807) is 12.1 Å². The molecule has 1 heterocycles. The first-order valence-electron chi connectivity index (χ1n) is 9.62. The highest BCUT2D eigenvalue weighted by molar-refractivity contribution is 7.92. The molecule has 3 N–H and O–H groups in total. The molecule has 0 radical (unpaired) electrons. The number of phenols is 1. The zero-order chi connectivity index (χ0) is 21.6. The van der Waals surface area contributed by atoms with Gasteiger partial charge in [-0.3, -0.25) is 0 Å². The molecule has 1 aliphatic heterocycles. The number of halogens is 1. The Hall–Kier alpha value is -1.38. The lowest BCUT2D eigenvalue weighted by Gasteiger charge is -2.19. The Labute approximate surface area is 177 Å². The number of ether oxygens (including phenoxy) is 1. The normalized spacial score (nSPS) is 20.3. The Kier molecular flexibility index (Phi) is 8.73. The highest BCUT2D eigenvalue weighted by Gasteiger charge is 2.40. The number of hydrogen-bond donors (Lipinski definition) is 3. The van der Waals surface area contributed by atoms with Crippen molar-refractivity contribution in [3.8, 4) is 5.75 Å². The third-order valence-electron chi connectivity index (χ3n) is 5.06. The van der Waals surface area contributed by atoms with Crippen LogP contribution in [0.15, 0.2) is 34.9 Å². The van der Waals surface area contributed by atoms with E-state index < -0.39 is 27.8 Å². The van der Waals surface area contributed by atoms with Crippen molar-refractivity contribution in [1.82, 2.24) is 0 Å². The smallest absolute Gasteiger partial charge is 0.163 e. The Morgan fingerprint density at radius 3 is 2.69 bits per heavy atom. The molecule has 0 aliphatic carbocycles. The van der Waals surface area contributed by atoms with Crippen molar-refractivity contribution in [2.24, 2.45) is 0 Å².